The van der Waals surface area contributed by atoms with Crippen LogP contribution in [0.4, 0.5) is 0 Å². The van der Waals surface area contributed by atoms with Crippen LogP contribution >= 0.6 is 58.2 Å². The van der Waals surface area contributed by atoms with Crippen LogP contribution in [0.3, 0.4) is 0 Å². The van der Waals surface area contributed by atoms with Gasteiger partial charge < -0.3 is 0 Å². The van der Waals surface area contributed by atoms with Crippen molar-refractivity contribution in [2.75, 3.05) is 12.3 Å². The van der Waals surface area contributed by atoms with E-state index in [1.165, 1.54) is 0 Å². The lowest BCUT2D eigenvalue weighted by Crippen LogP contribution is -1.76. The van der Waals surface area contributed by atoms with Gasteiger partial charge in [0, 0.05) is 12.3 Å². The van der Waals surface area contributed by atoms with E-state index in [2.05, 4.69) is 0 Å². The molecule has 0 radical (unpaired) electrons. The van der Waals surface area contributed by atoms with Crippen LogP contribution in [0, 0.1) is 0 Å². The molecule has 0 aliphatic carbocycles. The van der Waals surface area contributed by atoms with Gasteiger partial charge in [0.2, 0.25) is 0 Å². The van der Waals surface area contributed by atoms with Crippen molar-refractivity contribution in [1.82, 2.24) is 0 Å². The van der Waals surface area contributed by atoms with Gasteiger partial charge in [-0.3, -0.25) is 0 Å². The highest BCUT2D eigenvalue weighted by molar-refractivity contribution is 8.06. The van der Waals surface area contributed by atoms with Gasteiger partial charge in [0.25, 0.3) is 0 Å². The van der Waals surface area contributed by atoms with Crippen LogP contribution in [0.1, 0.15) is 0 Å². The zero-order valence-electron chi connectivity index (χ0n) is 3.82. The minimum absolute atomic E-state index is 0.747. The molecule has 0 aliphatic rings. The number of hydrogen-bond donors (Lipinski definition) is 0. The first-order valence-corrected chi connectivity index (χ1v) is 8.48. The normalized spacial score (nSPS) is 11.2. The fourth-order valence-corrected chi connectivity index (χ4v) is 4.08. The second kappa shape index (κ2) is 5.78. The third-order valence-corrected chi connectivity index (χ3v) is 3.94. The molecule has 0 saturated carbocycles. The Hall–Kier alpha value is 2.02. The molecule has 8 heavy (non-hydrogen) atoms. The zero-order valence-corrected chi connectivity index (χ0v) is 8.63. The molecule has 0 rings (SSSR count). The predicted octanol–water partition coefficient (Wildman–Crippen LogP) is 4.57. The molecular weight excluding hydrogens is 228 g/mol. The summed E-state index contributed by atoms with van der Waals surface area (Å²) in [6.45, 7) is -1.68. The van der Waals surface area contributed by atoms with Crippen molar-refractivity contribution in [2.24, 2.45) is 0 Å². The molecule has 0 spiro atoms. The van der Waals surface area contributed by atoms with E-state index in [1.807, 2.05) is 0 Å². The first kappa shape index (κ1) is 10.0. The van der Waals surface area contributed by atoms with E-state index in [1.54, 1.807) is 0 Å². The smallest absolute Gasteiger partial charge is 0.0781 e. The molecule has 0 unspecified atom stereocenters. The SMILES string of the molecule is ClP(Cl)CCP(Cl)Cl. The van der Waals surface area contributed by atoms with E-state index in [0.717, 1.165) is 12.3 Å². The van der Waals surface area contributed by atoms with E-state index < -0.39 is 13.3 Å². The summed E-state index contributed by atoms with van der Waals surface area (Å²) in [7, 11) is 0. The van der Waals surface area contributed by atoms with Crippen molar-refractivity contribution < 1.29 is 0 Å². The van der Waals surface area contributed by atoms with Crippen LogP contribution in [0.2, 0.25) is 0 Å². The molecule has 0 atom stereocenters. The molecule has 0 aromatic carbocycles. The molecule has 0 amide bonds. The summed E-state index contributed by atoms with van der Waals surface area (Å²) in [5.41, 5.74) is 0. The van der Waals surface area contributed by atoms with Crippen LogP contribution in [-0.4, -0.2) is 12.3 Å². The van der Waals surface area contributed by atoms with Gasteiger partial charge in [-0.05, 0) is 0 Å². The highest BCUT2D eigenvalue weighted by atomic mass is 35.9. The lowest BCUT2D eigenvalue weighted by molar-refractivity contribution is 1.55. The van der Waals surface area contributed by atoms with Gasteiger partial charge in [-0.25, -0.2) is 0 Å². The maximum atomic E-state index is 5.45. The topological polar surface area (TPSA) is 0 Å². The minimum Gasteiger partial charge on any atom is -0.0781 e. The lowest BCUT2D eigenvalue weighted by Gasteiger charge is -1.98. The molecule has 0 aliphatic heterocycles. The maximum absolute atomic E-state index is 5.45. The highest BCUT2D eigenvalue weighted by Gasteiger charge is 2.02. The van der Waals surface area contributed by atoms with E-state index >= 15 is 0 Å². The van der Waals surface area contributed by atoms with Gasteiger partial charge in [-0.2, -0.15) is 0 Å². The Labute approximate surface area is 70.5 Å². The average Bonchev–Trinajstić information content (AvgIpc) is 1.61. The third-order valence-electron chi connectivity index (χ3n) is 0.438. The fourth-order valence-electron chi connectivity index (χ4n) is 0.151. The first-order valence-electron chi connectivity index (χ1n) is 1.81. The molecule has 0 N–H and O–H groups in total. The van der Waals surface area contributed by atoms with E-state index in [9.17, 15) is 0 Å². The summed E-state index contributed by atoms with van der Waals surface area (Å²) >= 11 is 21.8. The Morgan fingerprint density at radius 3 is 1.12 bits per heavy atom. The van der Waals surface area contributed by atoms with Gasteiger partial charge in [0.1, 0.15) is 0 Å². The van der Waals surface area contributed by atoms with Crippen molar-refractivity contribution in [2.45, 2.75) is 0 Å². The fraction of sp³-hybridized carbons (Fsp3) is 1.00. The number of halogens is 4. The summed E-state index contributed by atoms with van der Waals surface area (Å²) in [6.07, 6.45) is 1.49. The van der Waals surface area contributed by atoms with Crippen molar-refractivity contribution in [1.29, 1.82) is 0 Å². The molecule has 0 fully saturated rings. The van der Waals surface area contributed by atoms with Crippen LogP contribution < -0.4 is 0 Å². The highest BCUT2D eigenvalue weighted by Crippen LogP contribution is 2.53. The third kappa shape index (κ3) is 8.02. The second-order valence-electron chi connectivity index (χ2n) is 1.05. The maximum Gasteiger partial charge on any atom is 0.0859 e. The standard InChI is InChI=1S/C2H4Cl4P2/c3-7(4)1-2-8(5)6/h1-2H2. The molecule has 0 aromatic heterocycles. The molecule has 50 valence electrons. The van der Waals surface area contributed by atoms with Crippen LogP contribution in [0.25, 0.3) is 0 Å². The quantitative estimate of drug-likeness (QED) is 0.625. The van der Waals surface area contributed by atoms with Gasteiger partial charge in [0.05, 0.1) is 13.3 Å². The van der Waals surface area contributed by atoms with Crippen LogP contribution in [0.15, 0.2) is 0 Å². The van der Waals surface area contributed by atoms with Crippen molar-refractivity contribution in [3.63, 3.8) is 0 Å². The van der Waals surface area contributed by atoms with E-state index in [0.29, 0.717) is 0 Å². The number of rotatable bonds is 3. The molecule has 6 heteroatoms. The predicted molar refractivity (Wildman–Crippen MR) is 47.0 cm³/mol. The molecular formula is C2H4Cl4P2. The molecule has 0 bridgehead atoms. The number of hydrogen-bond acceptors (Lipinski definition) is 0. The summed E-state index contributed by atoms with van der Waals surface area (Å²) in [6, 6.07) is 0. The van der Waals surface area contributed by atoms with E-state index in [4.69, 9.17) is 45.0 Å². The lowest BCUT2D eigenvalue weighted by atomic mass is 11.0. The van der Waals surface area contributed by atoms with Crippen molar-refractivity contribution in [3.05, 3.63) is 0 Å². The summed E-state index contributed by atoms with van der Waals surface area (Å²) in [5, 5.41) is 0. The van der Waals surface area contributed by atoms with Crippen molar-refractivity contribution >= 4 is 58.2 Å². The first-order chi connectivity index (χ1) is 3.63. The van der Waals surface area contributed by atoms with Gasteiger partial charge >= 0.3 is 0 Å². The summed E-state index contributed by atoms with van der Waals surface area (Å²) in [5.74, 6) is 0. The second-order valence-corrected chi connectivity index (χ2v) is 9.09. The van der Waals surface area contributed by atoms with Crippen LogP contribution in [-0.2, 0) is 0 Å². The molecule has 0 saturated heterocycles. The largest absolute Gasteiger partial charge is 0.0859 e. The monoisotopic (exact) mass is 230 g/mol. The Morgan fingerprint density at radius 1 is 0.750 bits per heavy atom. The van der Waals surface area contributed by atoms with E-state index in [-0.39, 0.29) is 0 Å². The van der Waals surface area contributed by atoms with Gasteiger partial charge in [-0.1, -0.05) is 45.0 Å². The van der Waals surface area contributed by atoms with Crippen molar-refractivity contribution in [3.8, 4) is 0 Å². The molecule has 0 aromatic rings. The van der Waals surface area contributed by atoms with Gasteiger partial charge in [0.15, 0.2) is 0 Å². The molecule has 0 nitrogen and oxygen atoms in total. The summed E-state index contributed by atoms with van der Waals surface area (Å²) in [4.78, 5) is 0. The zero-order chi connectivity index (χ0) is 6.57. The summed E-state index contributed by atoms with van der Waals surface area (Å²) < 4.78 is 0. The Bertz CT molecular complexity index is 48.0. The molecule has 0 heterocycles. The van der Waals surface area contributed by atoms with Crippen LogP contribution in [0.5, 0.6) is 0 Å². The minimum atomic E-state index is -0.841. The Balaban J connectivity index is 2.93. The Kier molecular flexibility index (Phi) is 7.24. The van der Waals surface area contributed by atoms with Gasteiger partial charge in [-0.15, -0.1) is 0 Å². The average molecular weight is 232 g/mol. The Morgan fingerprint density at radius 2 is 1.00 bits per heavy atom.